The Kier molecular flexibility index (Phi) is 11.7. The molecule has 45 heavy (non-hydrogen) atoms. The van der Waals surface area contributed by atoms with Gasteiger partial charge in [0.25, 0.3) is 0 Å². The lowest BCUT2D eigenvalue weighted by molar-refractivity contribution is 0.115. The molecule has 2 aromatic carbocycles. The molecule has 1 aromatic heterocycles. The number of amides is 1. The van der Waals surface area contributed by atoms with Gasteiger partial charge in [0, 0.05) is 54.3 Å². The molecule has 240 valence electrons. The molecule has 3 aromatic rings. The molecule has 1 unspecified atom stereocenters. The SMILES string of the molecule is C=C/C=C(\C=C/CF)OC(=O)N1CCc2c([nH]c3ccc(Cl)cc23)C1c1ccc(OCCCCCCN2CCN(C)CC2)cc1. The van der Waals surface area contributed by atoms with Gasteiger partial charge in [-0.2, -0.15) is 0 Å². The van der Waals surface area contributed by atoms with E-state index in [9.17, 15) is 9.18 Å². The third kappa shape index (κ3) is 8.57. The third-order valence-corrected chi connectivity index (χ3v) is 8.85. The van der Waals surface area contributed by atoms with Crippen molar-refractivity contribution in [2.45, 2.75) is 38.1 Å². The van der Waals surface area contributed by atoms with Gasteiger partial charge >= 0.3 is 6.09 Å². The summed E-state index contributed by atoms with van der Waals surface area (Å²) in [5.74, 6) is 1.03. The number of H-pyrrole nitrogens is 1. The number of hydrogen-bond acceptors (Lipinski definition) is 5. The number of carbonyl (C=O) groups is 1. The number of aromatic nitrogens is 1. The van der Waals surface area contributed by atoms with Crippen LogP contribution in [0.2, 0.25) is 5.02 Å². The molecule has 0 spiro atoms. The van der Waals surface area contributed by atoms with Crippen molar-refractivity contribution in [2.24, 2.45) is 0 Å². The molecular formula is C36H44ClFN4O3. The molecule has 9 heteroatoms. The summed E-state index contributed by atoms with van der Waals surface area (Å²) in [4.78, 5) is 23.8. The summed E-state index contributed by atoms with van der Waals surface area (Å²) < 4.78 is 24.6. The summed E-state index contributed by atoms with van der Waals surface area (Å²) in [5, 5.41) is 1.72. The van der Waals surface area contributed by atoms with Crippen LogP contribution in [0, 0.1) is 0 Å². The van der Waals surface area contributed by atoms with Gasteiger partial charge < -0.3 is 24.3 Å². The predicted octanol–water partition coefficient (Wildman–Crippen LogP) is 7.69. The van der Waals surface area contributed by atoms with E-state index in [0.717, 1.165) is 46.3 Å². The summed E-state index contributed by atoms with van der Waals surface area (Å²) in [6.07, 6.45) is 10.5. The highest BCUT2D eigenvalue weighted by Gasteiger charge is 2.36. The molecule has 1 amide bonds. The molecule has 2 aliphatic rings. The minimum absolute atomic E-state index is 0.226. The van der Waals surface area contributed by atoms with E-state index in [4.69, 9.17) is 21.1 Å². The topological polar surface area (TPSA) is 61.0 Å². The largest absolute Gasteiger partial charge is 0.494 e. The minimum Gasteiger partial charge on any atom is -0.494 e. The molecule has 3 heterocycles. The minimum atomic E-state index is -0.662. The van der Waals surface area contributed by atoms with Crippen LogP contribution in [0.25, 0.3) is 10.9 Å². The smallest absolute Gasteiger partial charge is 0.416 e. The van der Waals surface area contributed by atoms with Crippen LogP contribution >= 0.6 is 11.6 Å². The van der Waals surface area contributed by atoms with Gasteiger partial charge in [-0.15, -0.1) is 0 Å². The van der Waals surface area contributed by atoms with E-state index in [-0.39, 0.29) is 5.76 Å². The number of benzene rings is 2. The van der Waals surface area contributed by atoms with Crippen LogP contribution in [0.4, 0.5) is 9.18 Å². The third-order valence-electron chi connectivity index (χ3n) is 8.61. The van der Waals surface area contributed by atoms with E-state index in [1.165, 1.54) is 63.8 Å². The highest BCUT2D eigenvalue weighted by Crippen LogP contribution is 2.40. The first-order chi connectivity index (χ1) is 22.0. The quantitative estimate of drug-likeness (QED) is 0.119. The van der Waals surface area contributed by atoms with Crippen LogP contribution in [0.1, 0.15) is 48.5 Å². The number of halogens is 2. The van der Waals surface area contributed by atoms with E-state index in [1.807, 2.05) is 42.5 Å². The van der Waals surface area contributed by atoms with Crippen LogP contribution < -0.4 is 4.74 Å². The number of piperazine rings is 1. The van der Waals surface area contributed by atoms with Crippen LogP contribution in [0.15, 0.2) is 79.1 Å². The number of allylic oxidation sites excluding steroid dienone is 4. The number of fused-ring (bicyclic) bond motifs is 3. The van der Waals surface area contributed by atoms with Crippen molar-refractivity contribution in [3.8, 4) is 5.75 Å². The normalized spacial score (nSPS) is 18.0. The first-order valence-electron chi connectivity index (χ1n) is 15.9. The van der Waals surface area contributed by atoms with E-state index in [0.29, 0.717) is 24.6 Å². The van der Waals surface area contributed by atoms with Crippen LogP contribution in [0.3, 0.4) is 0 Å². The monoisotopic (exact) mass is 634 g/mol. The number of likely N-dealkylation sites (N-methyl/N-ethyl adjacent to an activating group) is 1. The molecular weight excluding hydrogens is 591 g/mol. The number of rotatable bonds is 13. The Morgan fingerprint density at radius 1 is 1.07 bits per heavy atom. The fourth-order valence-corrected chi connectivity index (χ4v) is 6.33. The molecule has 5 rings (SSSR count). The van der Waals surface area contributed by atoms with Crippen molar-refractivity contribution >= 4 is 28.6 Å². The van der Waals surface area contributed by atoms with Gasteiger partial charge in [0.1, 0.15) is 24.2 Å². The number of hydrogen-bond donors (Lipinski definition) is 1. The molecule has 0 bridgehead atoms. The lowest BCUT2D eigenvalue weighted by Gasteiger charge is -2.35. The fourth-order valence-electron chi connectivity index (χ4n) is 6.16. The van der Waals surface area contributed by atoms with Gasteiger partial charge in [-0.25, -0.2) is 9.18 Å². The Morgan fingerprint density at radius 2 is 1.84 bits per heavy atom. The Balaban J connectivity index is 1.24. The zero-order valence-corrected chi connectivity index (χ0v) is 26.9. The zero-order chi connectivity index (χ0) is 31.6. The Labute approximate surface area is 270 Å². The fraction of sp³-hybridized carbons (Fsp3) is 0.417. The summed E-state index contributed by atoms with van der Waals surface area (Å²) in [6.45, 7) is 10.0. The molecule has 0 saturated carbocycles. The number of unbranched alkanes of at least 4 members (excludes halogenated alkanes) is 3. The van der Waals surface area contributed by atoms with Crippen LogP contribution in [-0.4, -0.2) is 85.4 Å². The van der Waals surface area contributed by atoms with Crippen molar-refractivity contribution in [1.29, 1.82) is 0 Å². The van der Waals surface area contributed by atoms with Crippen molar-refractivity contribution in [3.63, 3.8) is 0 Å². The molecule has 1 saturated heterocycles. The Morgan fingerprint density at radius 3 is 2.60 bits per heavy atom. The van der Waals surface area contributed by atoms with E-state index >= 15 is 0 Å². The lowest BCUT2D eigenvalue weighted by atomic mass is 9.92. The van der Waals surface area contributed by atoms with Gasteiger partial charge in [-0.05, 0) is 86.5 Å². The zero-order valence-electron chi connectivity index (χ0n) is 26.2. The van der Waals surface area contributed by atoms with Crippen LogP contribution in [0.5, 0.6) is 5.75 Å². The number of ether oxygens (including phenoxy) is 2. The van der Waals surface area contributed by atoms with Gasteiger partial charge in [-0.3, -0.25) is 4.90 Å². The van der Waals surface area contributed by atoms with Crippen molar-refractivity contribution in [3.05, 3.63) is 101 Å². The molecule has 2 aliphatic heterocycles. The average Bonchev–Trinajstić information content (AvgIpc) is 3.41. The number of alkyl halides is 1. The highest BCUT2D eigenvalue weighted by atomic mass is 35.5. The first-order valence-corrected chi connectivity index (χ1v) is 16.3. The molecule has 1 fully saturated rings. The van der Waals surface area contributed by atoms with Crippen LogP contribution in [-0.2, 0) is 11.2 Å². The second kappa shape index (κ2) is 16.1. The maximum absolute atomic E-state index is 13.6. The van der Waals surface area contributed by atoms with Crippen molar-refractivity contribution < 1.29 is 18.7 Å². The first kappa shape index (κ1) is 32.8. The number of nitrogens with one attached hydrogen (secondary N) is 1. The second-order valence-corrected chi connectivity index (χ2v) is 12.2. The summed E-state index contributed by atoms with van der Waals surface area (Å²) >= 11 is 6.35. The van der Waals surface area contributed by atoms with Gasteiger partial charge in [0.2, 0.25) is 0 Å². The lowest BCUT2D eigenvalue weighted by Crippen LogP contribution is -2.44. The number of carbonyl (C=O) groups excluding carboxylic acids is 1. The number of nitrogens with zero attached hydrogens (tertiary/aromatic N) is 3. The summed E-state index contributed by atoms with van der Waals surface area (Å²) in [6, 6.07) is 13.3. The summed E-state index contributed by atoms with van der Waals surface area (Å²) in [5.41, 5.74) is 3.95. The van der Waals surface area contributed by atoms with E-state index in [1.54, 1.807) is 11.0 Å². The Hall–Kier alpha value is -3.59. The highest BCUT2D eigenvalue weighted by molar-refractivity contribution is 6.31. The van der Waals surface area contributed by atoms with Crippen molar-refractivity contribution in [1.82, 2.24) is 19.7 Å². The maximum atomic E-state index is 13.6. The van der Waals surface area contributed by atoms with Gasteiger partial charge in [0.15, 0.2) is 0 Å². The number of aromatic amines is 1. The maximum Gasteiger partial charge on any atom is 0.416 e. The Bertz CT molecular complexity index is 1490. The molecule has 0 aliphatic carbocycles. The van der Waals surface area contributed by atoms with E-state index in [2.05, 4.69) is 28.4 Å². The standard InChI is InChI=1S/C36H44ClFN4O3/c1-3-9-30(10-8-18-38)45-36(43)42-20-17-31-32-26-28(37)13-16-33(32)39-34(31)35(42)27-11-14-29(15-12-27)44-25-7-5-4-6-19-41-23-21-40(2)22-24-41/h3,8-16,26,35,39H,1,4-7,17-25H2,2H3/b10-8-,30-9+. The van der Waals surface area contributed by atoms with E-state index < -0.39 is 18.8 Å². The van der Waals surface area contributed by atoms with Gasteiger partial charge in [-0.1, -0.05) is 55.3 Å². The van der Waals surface area contributed by atoms with Gasteiger partial charge in [0.05, 0.1) is 6.61 Å². The predicted molar refractivity (Wildman–Crippen MR) is 180 cm³/mol. The molecule has 0 radical (unpaired) electrons. The van der Waals surface area contributed by atoms with Crippen molar-refractivity contribution in [2.75, 3.05) is 59.6 Å². The second-order valence-electron chi connectivity index (χ2n) is 11.8. The molecule has 1 N–H and O–H groups in total. The summed E-state index contributed by atoms with van der Waals surface area (Å²) in [7, 11) is 2.19. The molecule has 1 atom stereocenters. The molecule has 7 nitrogen and oxygen atoms in total. The average molecular weight is 635 g/mol.